The van der Waals surface area contributed by atoms with Gasteiger partial charge in [0.15, 0.2) is 5.11 Å². The van der Waals surface area contributed by atoms with Gasteiger partial charge in [0.25, 0.3) is 0 Å². The van der Waals surface area contributed by atoms with E-state index < -0.39 is 17.7 Å². The molecule has 0 aliphatic heterocycles. The van der Waals surface area contributed by atoms with E-state index in [4.69, 9.17) is 17.0 Å². The number of halogens is 2. The maximum absolute atomic E-state index is 13.3. The summed E-state index contributed by atoms with van der Waals surface area (Å²) < 4.78 is 31.0. The van der Waals surface area contributed by atoms with E-state index in [1.165, 1.54) is 0 Å². The van der Waals surface area contributed by atoms with Gasteiger partial charge in [0.2, 0.25) is 0 Å². The molecule has 1 amide bonds. The molecule has 0 aliphatic rings. The largest absolute Gasteiger partial charge is 0.449 e. The minimum Gasteiger partial charge on any atom is -0.449 e. The minimum absolute atomic E-state index is 0.158. The highest BCUT2D eigenvalue weighted by Crippen LogP contribution is 2.14. The fraction of sp³-hybridized carbons (Fsp3) is 0.333. The van der Waals surface area contributed by atoms with Crippen LogP contribution in [-0.4, -0.2) is 17.8 Å². The minimum atomic E-state index is -0.747. The molecular formula is C12H14F2N2O2S. The molecule has 0 aliphatic carbocycles. The zero-order valence-corrected chi connectivity index (χ0v) is 11.3. The Hall–Kier alpha value is -1.76. The summed E-state index contributed by atoms with van der Waals surface area (Å²) in [4.78, 5) is 11.3. The Morgan fingerprint density at radius 3 is 2.74 bits per heavy atom. The average Bonchev–Trinajstić information content (AvgIpc) is 2.31. The van der Waals surface area contributed by atoms with Crippen LogP contribution in [0, 0.1) is 17.6 Å². The molecule has 2 N–H and O–H groups in total. The topological polar surface area (TPSA) is 50.4 Å². The monoisotopic (exact) mass is 288 g/mol. The van der Waals surface area contributed by atoms with E-state index in [-0.39, 0.29) is 23.3 Å². The van der Waals surface area contributed by atoms with Crippen molar-refractivity contribution in [2.24, 2.45) is 5.92 Å². The van der Waals surface area contributed by atoms with Gasteiger partial charge in [-0.1, -0.05) is 13.8 Å². The van der Waals surface area contributed by atoms with Gasteiger partial charge in [-0.25, -0.2) is 13.6 Å². The Morgan fingerprint density at radius 1 is 1.42 bits per heavy atom. The van der Waals surface area contributed by atoms with Crippen LogP contribution in [0.25, 0.3) is 0 Å². The molecule has 0 saturated heterocycles. The molecule has 0 aromatic heterocycles. The average molecular weight is 288 g/mol. The van der Waals surface area contributed by atoms with E-state index in [2.05, 4.69) is 10.6 Å². The number of hydrogen-bond donors (Lipinski definition) is 2. The molecule has 0 bridgehead atoms. The number of rotatable bonds is 3. The lowest BCUT2D eigenvalue weighted by Gasteiger charge is -2.11. The molecular weight excluding hydrogens is 274 g/mol. The van der Waals surface area contributed by atoms with Crippen LogP contribution in [0.1, 0.15) is 13.8 Å². The third-order valence-electron chi connectivity index (χ3n) is 1.94. The predicted molar refractivity (Wildman–Crippen MR) is 71.9 cm³/mol. The van der Waals surface area contributed by atoms with Gasteiger partial charge in [0.05, 0.1) is 12.3 Å². The Balaban J connectivity index is 2.51. The molecule has 4 nitrogen and oxygen atoms in total. The highest BCUT2D eigenvalue weighted by Gasteiger charge is 2.09. The second-order valence-corrected chi connectivity index (χ2v) is 4.60. The van der Waals surface area contributed by atoms with Crippen molar-refractivity contribution < 1.29 is 18.3 Å². The van der Waals surface area contributed by atoms with Crippen LogP contribution in [0.2, 0.25) is 0 Å². The zero-order valence-electron chi connectivity index (χ0n) is 10.5. The summed E-state index contributed by atoms with van der Waals surface area (Å²) in [6, 6.07) is 2.87. The highest BCUT2D eigenvalue weighted by atomic mass is 32.1. The van der Waals surface area contributed by atoms with Gasteiger partial charge < -0.3 is 10.1 Å². The fourth-order valence-corrected chi connectivity index (χ4v) is 1.31. The van der Waals surface area contributed by atoms with E-state index >= 15 is 0 Å². The number of ether oxygens (including phenoxy) is 1. The fourth-order valence-electron chi connectivity index (χ4n) is 1.12. The first kappa shape index (κ1) is 15.3. The third kappa shape index (κ3) is 5.60. The smallest absolute Gasteiger partial charge is 0.413 e. The van der Waals surface area contributed by atoms with Crippen molar-refractivity contribution in [2.45, 2.75) is 13.8 Å². The second kappa shape index (κ2) is 6.98. The molecule has 0 saturated carbocycles. The van der Waals surface area contributed by atoms with E-state index in [1.54, 1.807) is 0 Å². The number of hydrogen-bond acceptors (Lipinski definition) is 3. The molecule has 0 spiro atoms. The van der Waals surface area contributed by atoms with Gasteiger partial charge in [-0.3, -0.25) is 5.32 Å². The Morgan fingerprint density at radius 2 is 2.11 bits per heavy atom. The lowest BCUT2D eigenvalue weighted by Crippen LogP contribution is -2.35. The van der Waals surface area contributed by atoms with Crippen LogP contribution >= 0.6 is 12.2 Å². The van der Waals surface area contributed by atoms with Gasteiger partial charge in [-0.2, -0.15) is 0 Å². The Labute approximate surface area is 115 Å². The quantitative estimate of drug-likeness (QED) is 0.839. The second-order valence-electron chi connectivity index (χ2n) is 4.20. The molecule has 19 heavy (non-hydrogen) atoms. The number of nitrogens with one attached hydrogen (secondary N) is 2. The molecule has 7 heteroatoms. The normalized spacial score (nSPS) is 10.2. The number of anilines is 1. The standard InChI is InChI=1S/C12H14F2N2O2S/c1-7(2)6-18-12(17)16-11(19)15-10-5-8(13)3-4-9(10)14/h3-5,7H,6H2,1-2H3,(H2,15,16,17,19). The first-order valence-corrected chi connectivity index (χ1v) is 5.99. The van der Waals surface area contributed by atoms with Gasteiger partial charge in [-0.15, -0.1) is 0 Å². The van der Waals surface area contributed by atoms with Crippen molar-refractivity contribution in [1.29, 1.82) is 0 Å². The lowest BCUT2D eigenvalue weighted by atomic mass is 10.2. The molecule has 0 unspecified atom stereocenters. The van der Waals surface area contributed by atoms with E-state index in [0.29, 0.717) is 0 Å². The maximum Gasteiger partial charge on any atom is 0.413 e. The Kier molecular flexibility index (Phi) is 5.62. The van der Waals surface area contributed by atoms with E-state index in [0.717, 1.165) is 18.2 Å². The summed E-state index contributed by atoms with van der Waals surface area (Å²) in [5.74, 6) is -1.11. The van der Waals surface area contributed by atoms with Crippen molar-refractivity contribution in [1.82, 2.24) is 5.32 Å². The van der Waals surface area contributed by atoms with Crippen molar-refractivity contribution in [3.63, 3.8) is 0 Å². The van der Waals surface area contributed by atoms with E-state index in [9.17, 15) is 13.6 Å². The molecule has 1 rings (SSSR count). The number of carbonyl (C=O) groups excluding carboxylic acids is 1. The van der Waals surface area contributed by atoms with Crippen LogP contribution in [-0.2, 0) is 4.74 Å². The number of alkyl carbamates (subject to hydrolysis) is 1. The SMILES string of the molecule is CC(C)COC(=O)NC(=S)Nc1cc(F)ccc1F. The number of benzene rings is 1. The van der Waals surface area contributed by atoms with Crippen LogP contribution in [0.3, 0.4) is 0 Å². The van der Waals surface area contributed by atoms with Gasteiger partial charge >= 0.3 is 6.09 Å². The molecule has 1 aromatic carbocycles. The first-order chi connectivity index (χ1) is 8.88. The van der Waals surface area contributed by atoms with Crippen LogP contribution in [0.5, 0.6) is 0 Å². The van der Waals surface area contributed by atoms with Crippen molar-refractivity contribution >= 4 is 29.1 Å². The van der Waals surface area contributed by atoms with Crippen LogP contribution in [0.4, 0.5) is 19.3 Å². The first-order valence-electron chi connectivity index (χ1n) is 5.58. The summed E-state index contributed by atoms with van der Waals surface area (Å²) in [7, 11) is 0. The van der Waals surface area contributed by atoms with Crippen molar-refractivity contribution in [3.05, 3.63) is 29.8 Å². The van der Waals surface area contributed by atoms with Crippen molar-refractivity contribution in [3.8, 4) is 0 Å². The van der Waals surface area contributed by atoms with Crippen LogP contribution < -0.4 is 10.6 Å². The Bertz CT molecular complexity index is 481. The molecule has 0 atom stereocenters. The number of carbonyl (C=O) groups is 1. The van der Waals surface area contributed by atoms with Crippen molar-refractivity contribution in [2.75, 3.05) is 11.9 Å². The maximum atomic E-state index is 13.3. The summed E-state index contributed by atoms with van der Waals surface area (Å²) in [5, 5.41) is 4.41. The number of amides is 1. The third-order valence-corrected chi connectivity index (χ3v) is 2.14. The van der Waals surface area contributed by atoms with E-state index in [1.807, 2.05) is 13.8 Å². The molecule has 0 heterocycles. The summed E-state index contributed by atoms with van der Waals surface area (Å²) in [5.41, 5.74) is -0.158. The summed E-state index contributed by atoms with van der Waals surface area (Å²) in [6.07, 6.45) is -0.747. The predicted octanol–water partition coefficient (Wildman–Crippen LogP) is 3.04. The van der Waals surface area contributed by atoms with Gasteiger partial charge in [0.1, 0.15) is 11.6 Å². The lowest BCUT2D eigenvalue weighted by molar-refractivity contribution is 0.138. The zero-order chi connectivity index (χ0) is 14.4. The number of thiocarbonyl (C=S) groups is 1. The molecule has 1 aromatic rings. The highest BCUT2D eigenvalue weighted by molar-refractivity contribution is 7.80. The van der Waals surface area contributed by atoms with Gasteiger partial charge in [0, 0.05) is 6.07 Å². The molecule has 0 radical (unpaired) electrons. The summed E-state index contributed by atoms with van der Waals surface area (Å²) in [6.45, 7) is 4.00. The molecule has 104 valence electrons. The summed E-state index contributed by atoms with van der Waals surface area (Å²) >= 11 is 4.78. The van der Waals surface area contributed by atoms with Gasteiger partial charge in [-0.05, 0) is 30.3 Å². The van der Waals surface area contributed by atoms with Crippen LogP contribution in [0.15, 0.2) is 18.2 Å². The molecule has 0 fully saturated rings.